The van der Waals surface area contributed by atoms with Crippen LogP contribution in [0.2, 0.25) is 0 Å². The third kappa shape index (κ3) is 59.7. The number of amides is 1. The minimum atomic E-state index is -0.861. The zero-order valence-corrected chi connectivity index (χ0v) is 49.5. The molecular weight excluding hydrogens is 879 g/mol. The molecule has 0 aromatic carbocycles. The van der Waals surface area contributed by atoms with Crippen molar-refractivity contribution in [3.05, 3.63) is 24.3 Å². The Hall–Kier alpha value is -1.13. The summed E-state index contributed by atoms with van der Waals surface area (Å²) in [5.74, 6) is -0.0645. The largest absolute Gasteiger partial charge is 0.394 e. The number of nitrogens with one attached hydrogen (secondary N) is 1. The SMILES string of the molecule is CCCCCCCCCCCCCCCCCCCCCCC/C=C/CC/C=C/C(O)C(CO)NC(=O)CCCCCCCCCCCCCCCCCCCCCCCCCCCCCCCCCCC. The number of hydrogen-bond donors (Lipinski definition) is 3. The summed E-state index contributed by atoms with van der Waals surface area (Å²) in [6, 6.07) is -0.637. The number of aliphatic hydroxyl groups excluding tert-OH is 2. The van der Waals surface area contributed by atoms with Crippen LogP contribution in [0.5, 0.6) is 0 Å². The molecule has 1 amide bonds. The van der Waals surface area contributed by atoms with Gasteiger partial charge in [0.1, 0.15) is 0 Å². The molecular formula is C68H133NO3. The minimum absolute atomic E-state index is 0.0645. The molecule has 428 valence electrons. The predicted octanol–water partition coefficient (Wildman–Crippen LogP) is 22.6. The molecule has 0 aliphatic heterocycles. The first-order chi connectivity index (χ1) is 35.7. The summed E-state index contributed by atoms with van der Waals surface area (Å²) in [7, 11) is 0. The second-order valence-electron chi connectivity index (χ2n) is 23.2. The normalized spacial score (nSPS) is 12.8. The number of carbonyl (C=O) groups is 1. The molecule has 0 fully saturated rings. The maximum atomic E-state index is 12.5. The standard InChI is InChI=1S/C68H133NO3/c1-3-5-7-9-11-13-15-17-19-21-23-25-27-29-31-32-33-34-35-36-38-40-42-44-46-48-50-52-54-56-58-60-62-64-68(72)69-66(65-70)67(71)63-61-59-57-55-53-51-49-47-45-43-41-39-37-30-28-26-24-22-20-18-16-14-12-10-8-6-4-2/h53,55,61,63,66-67,70-71H,3-52,54,56-60,62,64-65H2,1-2H3,(H,69,72)/b55-53+,63-61+. The second-order valence-corrected chi connectivity index (χ2v) is 23.2. The lowest BCUT2D eigenvalue weighted by Crippen LogP contribution is -2.45. The van der Waals surface area contributed by atoms with E-state index >= 15 is 0 Å². The molecule has 0 saturated heterocycles. The van der Waals surface area contributed by atoms with Crippen LogP contribution >= 0.6 is 0 Å². The van der Waals surface area contributed by atoms with Crippen molar-refractivity contribution in [2.24, 2.45) is 0 Å². The number of carbonyl (C=O) groups excluding carboxylic acids is 1. The van der Waals surface area contributed by atoms with Crippen molar-refractivity contribution in [2.75, 3.05) is 6.61 Å². The van der Waals surface area contributed by atoms with E-state index in [0.29, 0.717) is 6.42 Å². The molecule has 4 heteroatoms. The lowest BCUT2D eigenvalue weighted by molar-refractivity contribution is -0.123. The average Bonchev–Trinajstić information content (AvgIpc) is 3.39. The van der Waals surface area contributed by atoms with Gasteiger partial charge in [0, 0.05) is 6.42 Å². The third-order valence-corrected chi connectivity index (χ3v) is 15.9. The zero-order valence-electron chi connectivity index (χ0n) is 49.5. The van der Waals surface area contributed by atoms with Crippen molar-refractivity contribution >= 4 is 5.91 Å². The molecule has 72 heavy (non-hydrogen) atoms. The summed E-state index contributed by atoms with van der Waals surface area (Å²) in [4.78, 5) is 12.5. The lowest BCUT2D eigenvalue weighted by Gasteiger charge is -2.19. The molecule has 0 aliphatic rings. The van der Waals surface area contributed by atoms with Gasteiger partial charge in [-0.1, -0.05) is 372 Å². The van der Waals surface area contributed by atoms with Gasteiger partial charge >= 0.3 is 0 Å². The zero-order chi connectivity index (χ0) is 52.0. The van der Waals surface area contributed by atoms with Crippen molar-refractivity contribution in [3.63, 3.8) is 0 Å². The molecule has 3 N–H and O–H groups in total. The van der Waals surface area contributed by atoms with Crippen LogP contribution in [-0.4, -0.2) is 34.9 Å². The summed E-state index contributed by atoms with van der Waals surface area (Å²) >= 11 is 0. The third-order valence-electron chi connectivity index (χ3n) is 15.9. The van der Waals surface area contributed by atoms with Crippen molar-refractivity contribution in [1.29, 1.82) is 0 Å². The lowest BCUT2D eigenvalue weighted by atomic mass is 10.0. The highest BCUT2D eigenvalue weighted by Crippen LogP contribution is 2.19. The first kappa shape index (κ1) is 70.9. The van der Waals surface area contributed by atoms with Gasteiger partial charge in [0.05, 0.1) is 18.8 Å². The molecule has 0 rings (SSSR count). The highest BCUT2D eigenvalue weighted by Gasteiger charge is 2.18. The van der Waals surface area contributed by atoms with E-state index in [1.54, 1.807) is 6.08 Å². The fourth-order valence-electron chi connectivity index (χ4n) is 10.8. The van der Waals surface area contributed by atoms with Crippen LogP contribution < -0.4 is 5.32 Å². The van der Waals surface area contributed by atoms with Gasteiger partial charge in [-0.25, -0.2) is 0 Å². The molecule has 0 aromatic heterocycles. The fourth-order valence-corrected chi connectivity index (χ4v) is 10.8. The summed E-state index contributed by atoms with van der Waals surface area (Å²) < 4.78 is 0. The van der Waals surface area contributed by atoms with Crippen molar-refractivity contribution in [2.45, 2.75) is 398 Å². The number of hydrogen-bond acceptors (Lipinski definition) is 3. The van der Waals surface area contributed by atoms with Crippen LogP contribution in [0.4, 0.5) is 0 Å². The Morgan fingerprint density at radius 2 is 0.542 bits per heavy atom. The maximum absolute atomic E-state index is 12.5. The Kier molecular flexibility index (Phi) is 63.2. The van der Waals surface area contributed by atoms with Gasteiger partial charge in [0.2, 0.25) is 5.91 Å². The summed E-state index contributed by atoms with van der Waals surface area (Å²) in [6.45, 7) is 4.35. The van der Waals surface area contributed by atoms with Crippen molar-refractivity contribution < 1.29 is 15.0 Å². The Bertz CT molecular complexity index is 1060. The first-order valence-electron chi connectivity index (χ1n) is 33.6. The molecule has 2 unspecified atom stereocenters. The summed E-state index contributed by atoms with van der Waals surface area (Å²) in [5, 5.41) is 23.2. The van der Waals surface area contributed by atoms with Gasteiger partial charge in [-0.3, -0.25) is 4.79 Å². The van der Waals surface area contributed by atoms with Crippen LogP contribution in [0, 0.1) is 0 Å². The van der Waals surface area contributed by atoms with Crippen molar-refractivity contribution in [1.82, 2.24) is 5.32 Å². The van der Waals surface area contributed by atoms with E-state index in [-0.39, 0.29) is 12.5 Å². The van der Waals surface area contributed by atoms with Crippen LogP contribution in [0.25, 0.3) is 0 Å². The molecule has 0 bridgehead atoms. The van der Waals surface area contributed by atoms with Gasteiger partial charge in [-0.2, -0.15) is 0 Å². The average molecular weight is 1010 g/mol. The Morgan fingerprint density at radius 3 is 0.806 bits per heavy atom. The molecule has 4 nitrogen and oxygen atoms in total. The van der Waals surface area contributed by atoms with Crippen LogP contribution in [0.1, 0.15) is 386 Å². The van der Waals surface area contributed by atoms with E-state index in [1.165, 1.54) is 334 Å². The predicted molar refractivity (Wildman–Crippen MR) is 322 cm³/mol. The Labute approximate surface area is 453 Å². The molecule has 0 aromatic rings. The number of unbranched alkanes of at least 4 members (excludes halogenated alkanes) is 54. The highest BCUT2D eigenvalue weighted by molar-refractivity contribution is 5.76. The van der Waals surface area contributed by atoms with E-state index in [1.807, 2.05) is 6.08 Å². The first-order valence-corrected chi connectivity index (χ1v) is 33.6. The maximum Gasteiger partial charge on any atom is 0.220 e. The Balaban J connectivity index is 3.43. The Morgan fingerprint density at radius 1 is 0.319 bits per heavy atom. The summed E-state index contributed by atoms with van der Waals surface area (Å²) in [5.41, 5.74) is 0. The van der Waals surface area contributed by atoms with Gasteiger partial charge in [0.15, 0.2) is 0 Å². The number of allylic oxidation sites excluding steroid dienone is 3. The number of aliphatic hydroxyl groups is 2. The van der Waals surface area contributed by atoms with E-state index in [0.717, 1.165) is 32.1 Å². The minimum Gasteiger partial charge on any atom is -0.394 e. The molecule has 0 radical (unpaired) electrons. The topological polar surface area (TPSA) is 69.6 Å². The van der Waals surface area contributed by atoms with Crippen LogP contribution in [0.15, 0.2) is 24.3 Å². The van der Waals surface area contributed by atoms with E-state index in [4.69, 9.17) is 0 Å². The quantitative estimate of drug-likeness (QED) is 0.0420. The van der Waals surface area contributed by atoms with E-state index in [9.17, 15) is 15.0 Å². The summed E-state index contributed by atoms with van der Waals surface area (Å²) in [6.07, 6.45) is 86.9. The number of rotatable bonds is 63. The van der Waals surface area contributed by atoms with Gasteiger partial charge in [0.25, 0.3) is 0 Å². The molecule has 0 aliphatic carbocycles. The highest BCUT2D eigenvalue weighted by atomic mass is 16.3. The monoisotopic (exact) mass is 1010 g/mol. The molecule has 2 atom stereocenters. The smallest absolute Gasteiger partial charge is 0.220 e. The van der Waals surface area contributed by atoms with E-state index < -0.39 is 12.1 Å². The fraction of sp³-hybridized carbons (Fsp3) is 0.926. The van der Waals surface area contributed by atoms with E-state index in [2.05, 4.69) is 31.3 Å². The van der Waals surface area contributed by atoms with Crippen LogP contribution in [-0.2, 0) is 4.79 Å². The molecule has 0 saturated carbocycles. The van der Waals surface area contributed by atoms with Gasteiger partial charge in [-0.15, -0.1) is 0 Å². The van der Waals surface area contributed by atoms with Crippen molar-refractivity contribution in [3.8, 4) is 0 Å². The van der Waals surface area contributed by atoms with Gasteiger partial charge in [-0.05, 0) is 32.1 Å². The second kappa shape index (κ2) is 64.2. The molecule has 0 spiro atoms. The van der Waals surface area contributed by atoms with Gasteiger partial charge < -0.3 is 15.5 Å². The molecule has 0 heterocycles. The van der Waals surface area contributed by atoms with Crippen LogP contribution in [0.3, 0.4) is 0 Å².